The van der Waals surface area contributed by atoms with E-state index in [2.05, 4.69) is 72.6 Å². The van der Waals surface area contributed by atoms with Crippen LogP contribution in [0.4, 0.5) is 5.69 Å². The van der Waals surface area contributed by atoms with Crippen molar-refractivity contribution in [1.82, 2.24) is 4.90 Å². The zero-order chi connectivity index (χ0) is 16.2. The number of aryl methyl sites for hydroxylation is 1. The van der Waals surface area contributed by atoms with Crippen LogP contribution in [0.3, 0.4) is 0 Å². The zero-order valence-corrected chi connectivity index (χ0v) is 13.9. The van der Waals surface area contributed by atoms with Crippen molar-refractivity contribution in [3.05, 3.63) is 65.7 Å². The number of β-amino-alcohol motifs (C(OH)–C–C–N with tert-alkyl or cyclic N) is 1. The van der Waals surface area contributed by atoms with E-state index in [4.69, 9.17) is 0 Å². The van der Waals surface area contributed by atoms with Crippen LogP contribution in [0.5, 0.6) is 0 Å². The highest BCUT2D eigenvalue weighted by atomic mass is 16.3. The number of nitrogens with one attached hydrogen (secondary N) is 1. The van der Waals surface area contributed by atoms with E-state index in [1.165, 1.54) is 11.1 Å². The topological polar surface area (TPSA) is 35.5 Å². The molecule has 1 fully saturated rings. The van der Waals surface area contributed by atoms with E-state index in [0.29, 0.717) is 12.6 Å². The van der Waals surface area contributed by atoms with Crippen molar-refractivity contribution in [3.8, 4) is 0 Å². The number of anilines is 1. The van der Waals surface area contributed by atoms with Crippen LogP contribution in [-0.4, -0.2) is 35.2 Å². The molecule has 2 aromatic carbocycles. The molecular formula is C20H26N2O. The first kappa shape index (κ1) is 16.0. The van der Waals surface area contributed by atoms with E-state index < -0.39 is 0 Å². The zero-order valence-electron chi connectivity index (χ0n) is 13.9. The van der Waals surface area contributed by atoms with Gasteiger partial charge in [-0.15, -0.1) is 0 Å². The van der Waals surface area contributed by atoms with Gasteiger partial charge in [0.1, 0.15) is 0 Å². The highest BCUT2D eigenvalue weighted by Crippen LogP contribution is 2.25. The molecule has 3 unspecified atom stereocenters. The minimum absolute atomic E-state index is 0.122. The molecule has 1 saturated heterocycles. The van der Waals surface area contributed by atoms with Crippen molar-refractivity contribution in [2.45, 2.75) is 38.5 Å². The summed E-state index contributed by atoms with van der Waals surface area (Å²) in [7, 11) is 0. The summed E-state index contributed by atoms with van der Waals surface area (Å²) in [5.74, 6) is 0. The standard InChI is InChI=1S/C20H26N2O/c1-15-8-10-18(11-9-15)21-19-12-13-22(14-20(19)23)16(2)17-6-4-3-5-7-17/h3-11,16,19-21,23H,12-14H2,1-2H3. The highest BCUT2D eigenvalue weighted by molar-refractivity contribution is 5.45. The van der Waals surface area contributed by atoms with E-state index >= 15 is 0 Å². The Bertz CT molecular complexity index is 611. The van der Waals surface area contributed by atoms with Crippen LogP contribution in [0.2, 0.25) is 0 Å². The first-order chi connectivity index (χ1) is 11.1. The van der Waals surface area contributed by atoms with Crippen LogP contribution in [0.15, 0.2) is 54.6 Å². The number of hydrogen-bond donors (Lipinski definition) is 2. The third kappa shape index (κ3) is 3.92. The van der Waals surface area contributed by atoms with Crippen LogP contribution in [0.25, 0.3) is 0 Å². The van der Waals surface area contributed by atoms with Crippen LogP contribution < -0.4 is 5.32 Å². The fourth-order valence-electron chi connectivity index (χ4n) is 3.28. The summed E-state index contributed by atoms with van der Waals surface area (Å²) in [4.78, 5) is 2.37. The number of benzene rings is 2. The van der Waals surface area contributed by atoms with Crippen LogP contribution >= 0.6 is 0 Å². The number of likely N-dealkylation sites (tertiary alicyclic amines) is 1. The Balaban J connectivity index is 1.60. The molecule has 122 valence electrons. The molecule has 1 aliphatic rings. The molecule has 0 bridgehead atoms. The molecule has 3 atom stereocenters. The molecule has 3 heteroatoms. The molecular weight excluding hydrogens is 284 g/mol. The van der Waals surface area contributed by atoms with E-state index in [1.54, 1.807) is 0 Å². The van der Waals surface area contributed by atoms with Gasteiger partial charge in [-0.3, -0.25) is 4.90 Å². The maximum Gasteiger partial charge on any atom is 0.0868 e. The third-order valence-electron chi connectivity index (χ3n) is 4.85. The maximum atomic E-state index is 10.5. The summed E-state index contributed by atoms with van der Waals surface area (Å²) in [6.07, 6.45) is 0.600. The van der Waals surface area contributed by atoms with Crippen molar-refractivity contribution < 1.29 is 5.11 Å². The Kier molecular flexibility index (Phi) is 4.99. The Morgan fingerprint density at radius 2 is 1.78 bits per heavy atom. The van der Waals surface area contributed by atoms with Crippen molar-refractivity contribution in [1.29, 1.82) is 0 Å². The van der Waals surface area contributed by atoms with Gasteiger partial charge in [-0.1, -0.05) is 48.0 Å². The van der Waals surface area contributed by atoms with Crippen molar-refractivity contribution >= 4 is 5.69 Å². The fraction of sp³-hybridized carbons (Fsp3) is 0.400. The third-order valence-corrected chi connectivity index (χ3v) is 4.85. The summed E-state index contributed by atoms with van der Waals surface area (Å²) < 4.78 is 0. The van der Waals surface area contributed by atoms with E-state index in [1.807, 2.05) is 6.07 Å². The van der Waals surface area contributed by atoms with Crippen molar-refractivity contribution in [3.63, 3.8) is 0 Å². The lowest BCUT2D eigenvalue weighted by molar-refractivity contribution is 0.0408. The predicted molar refractivity (Wildman–Crippen MR) is 95.6 cm³/mol. The van der Waals surface area contributed by atoms with Gasteiger partial charge in [0.15, 0.2) is 0 Å². The van der Waals surface area contributed by atoms with Crippen LogP contribution in [0.1, 0.15) is 30.5 Å². The van der Waals surface area contributed by atoms with Gasteiger partial charge in [0, 0.05) is 24.8 Å². The minimum atomic E-state index is -0.351. The number of aliphatic hydroxyl groups excluding tert-OH is 1. The Labute approximate surface area is 139 Å². The van der Waals surface area contributed by atoms with Crippen LogP contribution in [-0.2, 0) is 0 Å². The van der Waals surface area contributed by atoms with Gasteiger partial charge in [-0.2, -0.15) is 0 Å². The molecule has 0 spiro atoms. The monoisotopic (exact) mass is 310 g/mol. The SMILES string of the molecule is Cc1ccc(NC2CCN(C(C)c3ccccc3)CC2O)cc1. The van der Waals surface area contributed by atoms with Gasteiger partial charge in [0.2, 0.25) is 0 Å². The molecule has 0 saturated carbocycles. The molecule has 0 amide bonds. The largest absolute Gasteiger partial charge is 0.390 e. The summed E-state index contributed by atoms with van der Waals surface area (Å²) in [5.41, 5.74) is 3.65. The van der Waals surface area contributed by atoms with Gasteiger partial charge in [-0.25, -0.2) is 0 Å². The Morgan fingerprint density at radius 3 is 2.43 bits per heavy atom. The molecule has 1 aliphatic heterocycles. The van der Waals surface area contributed by atoms with Crippen molar-refractivity contribution in [2.75, 3.05) is 18.4 Å². The average molecular weight is 310 g/mol. The maximum absolute atomic E-state index is 10.5. The number of nitrogens with zero attached hydrogens (tertiary/aromatic N) is 1. The second-order valence-electron chi connectivity index (χ2n) is 6.55. The first-order valence-electron chi connectivity index (χ1n) is 8.44. The van der Waals surface area contributed by atoms with Gasteiger partial charge in [0.25, 0.3) is 0 Å². The molecule has 0 aliphatic carbocycles. The molecule has 23 heavy (non-hydrogen) atoms. The summed E-state index contributed by atoms with van der Waals surface area (Å²) in [6, 6.07) is 19.3. The first-order valence-corrected chi connectivity index (χ1v) is 8.44. The lowest BCUT2D eigenvalue weighted by atomic mass is 9.97. The van der Waals surface area contributed by atoms with Gasteiger partial charge < -0.3 is 10.4 Å². The molecule has 3 rings (SSSR count). The summed E-state index contributed by atoms with van der Waals surface area (Å²) >= 11 is 0. The quantitative estimate of drug-likeness (QED) is 0.905. The van der Waals surface area contributed by atoms with Gasteiger partial charge in [0.05, 0.1) is 12.1 Å². The predicted octanol–water partition coefficient (Wildman–Crippen LogP) is 3.60. The van der Waals surface area contributed by atoms with Gasteiger partial charge in [-0.05, 0) is 38.0 Å². The number of piperidine rings is 1. The Morgan fingerprint density at radius 1 is 1.09 bits per heavy atom. The lowest BCUT2D eigenvalue weighted by Gasteiger charge is -2.40. The Hall–Kier alpha value is -1.84. The minimum Gasteiger partial charge on any atom is -0.390 e. The average Bonchev–Trinajstić information content (AvgIpc) is 2.59. The molecule has 0 radical (unpaired) electrons. The summed E-state index contributed by atoms with van der Waals surface area (Å²) in [5, 5.41) is 14.0. The molecule has 3 nitrogen and oxygen atoms in total. The van der Waals surface area contributed by atoms with E-state index in [-0.39, 0.29) is 12.1 Å². The fourth-order valence-corrected chi connectivity index (χ4v) is 3.28. The molecule has 2 N–H and O–H groups in total. The van der Waals surface area contributed by atoms with Gasteiger partial charge >= 0.3 is 0 Å². The molecule has 1 heterocycles. The molecule has 2 aromatic rings. The second kappa shape index (κ2) is 7.16. The number of aliphatic hydroxyl groups is 1. The smallest absolute Gasteiger partial charge is 0.0868 e. The van der Waals surface area contributed by atoms with E-state index in [0.717, 1.165) is 18.7 Å². The second-order valence-corrected chi connectivity index (χ2v) is 6.55. The number of hydrogen-bond acceptors (Lipinski definition) is 3. The summed E-state index contributed by atoms with van der Waals surface area (Å²) in [6.45, 7) is 6.01. The molecule has 0 aromatic heterocycles. The normalized spacial score (nSPS) is 23.4. The van der Waals surface area contributed by atoms with Crippen molar-refractivity contribution in [2.24, 2.45) is 0 Å². The lowest BCUT2D eigenvalue weighted by Crippen LogP contribution is -2.50. The van der Waals surface area contributed by atoms with Crippen LogP contribution in [0, 0.1) is 6.92 Å². The highest BCUT2D eigenvalue weighted by Gasteiger charge is 2.30. The van der Waals surface area contributed by atoms with E-state index in [9.17, 15) is 5.11 Å². The number of rotatable bonds is 4.